The van der Waals surface area contributed by atoms with Crippen LogP contribution in [0.4, 0.5) is 0 Å². The summed E-state index contributed by atoms with van der Waals surface area (Å²) in [7, 11) is 0. The van der Waals surface area contributed by atoms with Gasteiger partial charge in [0.1, 0.15) is 6.04 Å². The van der Waals surface area contributed by atoms with Gasteiger partial charge in [-0.3, -0.25) is 14.9 Å². The number of hydrogen-bond acceptors (Lipinski definition) is 4. The number of carbonyl (C=O) groups is 1. The Balaban J connectivity index is 2.72. The molecule has 1 aliphatic carbocycles. The number of nitro groups is 1. The van der Waals surface area contributed by atoms with Crippen molar-refractivity contribution in [1.29, 1.82) is 0 Å². The predicted molar refractivity (Wildman–Crippen MR) is 52.2 cm³/mol. The summed E-state index contributed by atoms with van der Waals surface area (Å²) in [5.74, 6) is -1.15. The zero-order valence-electron chi connectivity index (χ0n) is 7.66. The highest BCUT2D eigenvalue weighted by molar-refractivity contribution is 5.76. The van der Waals surface area contributed by atoms with E-state index < -0.39 is 16.9 Å². The minimum Gasteiger partial charge on any atom is -0.480 e. The minimum atomic E-state index is -1.15. The van der Waals surface area contributed by atoms with Crippen molar-refractivity contribution < 1.29 is 14.8 Å². The Kier molecular flexibility index (Phi) is 3.25. The summed E-state index contributed by atoms with van der Waals surface area (Å²) in [4.78, 5) is 20.2. The Morgan fingerprint density at radius 2 is 2.13 bits per heavy atom. The third-order valence-electron chi connectivity index (χ3n) is 1.76. The molecule has 1 rings (SSSR count). The number of nitrogens with two attached hydrogens (primary N) is 1. The van der Waals surface area contributed by atoms with Gasteiger partial charge in [0.05, 0.1) is 0 Å². The molecule has 6 heteroatoms. The lowest BCUT2D eigenvalue weighted by Gasteiger charge is -2.13. The van der Waals surface area contributed by atoms with Crippen LogP contribution in [0.5, 0.6) is 0 Å². The van der Waals surface area contributed by atoms with E-state index in [2.05, 4.69) is 0 Å². The second-order valence-corrected chi connectivity index (χ2v) is 2.88. The molecule has 3 N–H and O–H groups in total. The fourth-order valence-electron chi connectivity index (χ4n) is 0.986. The predicted octanol–water partition coefficient (Wildman–Crippen LogP) is 0.259. The van der Waals surface area contributed by atoms with Crippen LogP contribution in [0.25, 0.3) is 0 Å². The summed E-state index contributed by atoms with van der Waals surface area (Å²) in [6.45, 7) is 0. The summed E-state index contributed by atoms with van der Waals surface area (Å²) in [6, 6.07) is -1.15. The Morgan fingerprint density at radius 3 is 2.53 bits per heavy atom. The fraction of sp³-hybridized carbons (Fsp3) is 0.111. The molecule has 0 spiro atoms. The third-order valence-corrected chi connectivity index (χ3v) is 1.76. The molecular formula is C9H9N2O4-. The van der Waals surface area contributed by atoms with Crippen LogP contribution in [0.1, 0.15) is 0 Å². The highest BCUT2D eigenvalue weighted by Crippen LogP contribution is 2.16. The van der Waals surface area contributed by atoms with E-state index in [1.807, 2.05) is 0 Å². The van der Waals surface area contributed by atoms with E-state index in [-0.39, 0.29) is 6.04 Å². The number of allylic oxidation sites excluding steroid dienone is 3. The molecule has 15 heavy (non-hydrogen) atoms. The van der Waals surface area contributed by atoms with Gasteiger partial charge in [0, 0.05) is 4.92 Å². The van der Waals surface area contributed by atoms with Crippen LogP contribution in [-0.2, 0) is 4.79 Å². The van der Waals surface area contributed by atoms with E-state index in [4.69, 9.17) is 10.8 Å². The van der Waals surface area contributed by atoms with Gasteiger partial charge in [-0.2, -0.15) is 12.2 Å². The van der Waals surface area contributed by atoms with Crippen LogP contribution in [0.3, 0.4) is 0 Å². The molecule has 0 unspecified atom stereocenters. The summed E-state index contributed by atoms with van der Waals surface area (Å²) in [5.41, 5.74) is 5.79. The first-order chi connectivity index (χ1) is 7.00. The topological polar surface area (TPSA) is 106 Å². The molecule has 0 saturated heterocycles. The lowest BCUT2D eigenvalue weighted by molar-refractivity contribution is -0.448. The van der Waals surface area contributed by atoms with Crippen molar-refractivity contribution in [2.45, 2.75) is 6.04 Å². The van der Waals surface area contributed by atoms with Gasteiger partial charge >= 0.3 is 5.97 Å². The minimum absolute atomic E-state index is 0.0453. The Labute approximate surface area is 85.5 Å². The van der Waals surface area contributed by atoms with Crippen molar-refractivity contribution in [3.05, 3.63) is 52.1 Å². The molecule has 0 amide bonds. The molecule has 80 valence electrons. The van der Waals surface area contributed by atoms with Crippen molar-refractivity contribution in [3.8, 4) is 0 Å². The molecule has 1 atom stereocenters. The fourth-order valence-corrected chi connectivity index (χ4v) is 0.986. The van der Waals surface area contributed by atoms with Crippen LogP contribution < -0.4 is 5.73 Å². The Hall–Kier alpha value is -2.08. The standard InChI is InChI=1S/C9H9N2O4/c10-8(9(12)13)5-6-1-3-7(4-2-6)11(14)15/h1-5,8H,10H2,(H,12,13)/q-1/t8-/m0/s1. The van der Waals surface area contributed by atoms with E-state index in [1.165, 1.54) is 30.4 Å². The van der Waals surface area contributed by atoms with Crippen molar-refractivity contribution in [2.75, 3.05) is 0 Å². The molecular weight excluding hydrogens is 200 g/mol. The average Bonchev–Trinajstić information content (AvgIpc) is 2.18. The molecule has 0 aromatic carbocycles. The third kappa shape index (κ3) is 2.96. The number of carboxylic acid groups (broad SMARTS) is 1. The molecule has 0 aromatic heterocycles. The molecule has 0 aromatic rings. The van der Waals surface area contributed by atoms with Crippen molar-refractivity contribution in [3.63, 3.8) is 0 Å². The SMILES string of the molecule is N[C@@H](C=C1C=C[C-]([N+](=O)[O-])C=C1)C(=O)O. The summed E-state index contributed by atoms with van der Waals surface area (Å²) < 4.78 is 0. The number of aliphatic carboxylic acids is 1. The summed E-state index contributed by atoms with van der Waals surface area (Å²) in [5, 5.41) is 18.8. The summed E-state index contributed by atoms with van der Waals surface area (Å²) >= 11 is 0. The zero-order valence-corrected chi connectivity index (χ0v) is 7.66. The van der Waals surface area contributed by atoms with E-state index in [0.29, 0.717) is 5.57 Å². The van der Waals surface area contributed by atoms with Crippen molar-refractivity contribution in [1.82, 2.24) is 0 Å². The van der Waals surface area contributed by atoms with Gasteiger partial charge < -0.3 is 10.8 Å². The molecule has 0 radical (unpaired) electrons. The molecule has 0 heterocycles. The molecule has 0 saturated carbocycles. The largest absolute Gasteiger partial charge is 0.480 e. The number of hydrogen-bond donors (Lipinski definition) is 2. The summed E-state index contributed by atoms with van der Waals surface area (Å²) in [6.07, 6.45) is 6.79. The van der Waals surface area contributed by atoms with Crippen molar-refractivity contribution in [2.24, 2.45) is 5.73 Å². The second kappa shape index (κ2) is 4.43. The molecule has 0 aliphatic heterocycles. The molecule has 0 fully saturated rings. The Morgan fingerprint density at radius 1 is 1.60 bits per heavy atom. The van der Waals surface area contributed by atoms with Crippen LogP contribution in [0, 0.1) is 16.2 Å². The van der Waals surface area contributed by atoms with Crippen LogP contribution in [0.2, 0.25) is 0 Å². The zero-order chi connectivity index (χ0) is 11.4. The highest BCUT2D eigenvalue weighted by atomic mass is 16.6. The van der Waals surface area contributed by atoms with E-state index in [9.17, 15) is 14.9 Å². The van der Waals surface area contributed by atoms with E-state index in [1.54, 1.807) is 0 Å². The maximum atomic E-state index is 10.4. The first kappa shape index (κ1) is 11.0. The van der Waals surface area contributed by atoms with Gasteiger partial charge in [-0.25, -0.2) is 0 Å². The number of nitrogens with zero attached hydrogens (tertiary/aromatic N) is 1. The van der Waals surface area contributed by atoms with Gasteiger partial charge in [0.25, 0.3) is 0 Å². The first-order valence-corrected chi connectivity index (χ1v) is 4.08. The first-order valence-electron chi connectivity index (χ1n) is 4.08. The van der Waals surface area contributed by atoms with Gasteiger partial charge in [-0.1, -0.05) is 18.2 Å². The average molecular weight is 209 g/mol. The van der Waals surface area contributed by atoms with Crippen LogP contribution >= 0.6 is 0 Å². The molecule has 0 bridgehead atoms. The maximum Gasteiger partial charge on any atom is 0.324 e. The van der Waals surface area contributed by atoms with Gasteiger partial charge in [-0.05, 0) is 0 Å². The Bertz CT molecular complexity index is 354. The molecule has 1 aliphatic rings. The lowest BCUT2D eigenvalue weighted by Crippen LogP contribution is -2.27. The van der Waals surface area contributed by atoms with Gasteiger partial charge in [0.2, 0.25) is 0 Å². The van der Waals surface area contributed by atoms with Crippen molar-refractivity contribution >= 4 is 5.97 Å². The highest BCUT2D eigenvalue weighted by Gasteiger charge is 2.09. The van der Waals surface area contributed by atoms with Gasteiger partial charge in [0.15, 0.2) is 6.04 Å². The van der Waals surface area contributed by atoms with E-state index in [0.717, 1.165) is 0 Å². The van der Waals surface area contributed by atoms with Crippen LogP contribution in [0.15, 0.2) is 36.0 Å². The second-order valence-electron chi connectivity index (χ2n) is 2.88. The van der Waals surface area contributed by atoms with Crippen LogP contribution in [-0.4, -0.2) is 22.0 Å². The smallest absolute Gasteiger partial charge is 0.324 e. The number of carboxylic acids is 1. The maximum absolute atomic E-state index is 10.4. The lowest BCUT2D eigenvalue weighted by atomic mass is 10.0. The number of rotatable bonds is 3. The van der Waals surface area contributed by atoms with E-state index >= 15 is 0 Å². The van der Waals surface area contributed by atoms with Gasteiger partial charge in [-0.15, -0.1) is 5.57 Å². The normalized spacial score (nSPS) is 16.3. The quantitative estimate of drug-likeness (QED) is 0.394. The molecule has 6 nitrogen and oxygen atoms in total. The monoisotopic (exact) mass is 209 g/mol.